The van der Waals surface area contributed by atoms with Crippen molar-refractivity contribution in [2.24, 2.45) is 0 Å². The molecule has 0 fully saturated rings. The number of amides is 1. The third kappa shape index (κ3) is 3.59. The number of allylic oxidation sites excluding steroid dienone is 1. The largest absolute Gasteiger partial charge is 0.443 e. The van der Waals surface area contributed by atoms with Gasteiger partial charge in [0, 0.05) is 6.54 Å². The average molecular weight is 328 g/mol. The van der Waals surface area contributed by atoms with Gasteiger partial charge in [0.15, 0.2) is 5.82 Å². The topological polar surface area (TPSA) is 58.2 Å². The fourth-order valence-corrected chi connectivity index (χ4v) is 2.17. The molecular weight excluding hydrogens is 310 g/mol. The number of ether oxygens (including phenoxy) is 1. The summed E-state index contributed by atoms with van der Waals surface area (Å²) in [6.45, 7) is 6.24. The number of hydrogen-bond donors (Lipinski definition) is 1. The van der Waals surface area contributed by atoms with E-state index in [4.69, 9.17) is 4.74 Å². The zero-order chi connectivity index (χ0) is 14.0. The van der Waals surface area contributed by atoms with Crippen molar-refractivity contribution in [1.82, 2.24) is 14.9 Å². The molecule has 6 heteroatoms. The summed E-state index contributed by atoms with van der Waals surface area (Å²) in [7, 11) is 0. The summed E-state index contributed by atoms with van der Waals surface area (Å²) < 4.78 is 6.22. The summed E-state index contributed by atoms with van der Waals surface area (Å²) in [5.74, 6) is 0.678. The first-order valence-electron chi connectivity index (χ1n) is 6.28. The van der Waals surface area contributed by atoms with Crippen LogP contribution in [0.15, 0.2) is 16.9 Å². The second-order valence-corrected chi connectivity index (χ2v) is 6.30. The smallest absolute Gasteiger partial charge is 0.414 e. The van der Waals surface area contributed by atoms with Gasteiger partial charge in [0.05, 0.1) is 11.9 Å². The van der Waals surface area contributed by atoms with E-state index in [0.717, 1.165) is 23.1 Å². The van der Waals surface area contributed by atoms with Crippen LogP contribution in [0.1, 0.15) is 39.4 Å². The number of nitrogens with one attached hydrogen (secondary N) is 1. The number of carbonyl (C=O) groups excluding carboxylic acids is 1. The van der Waals surface area contributed by atoms with Gasteiger partial charge in [-0.15, -0.1) is 0 Å². The Hall–Kier alpha value is -1.30. The van der Waals surface area contributed by atoms with Crippen LogP contribution < -0.4 is 0 Å². The Labute approximate surface area is 121 Å². The van der Waals surface area contributed by atoms with E-state index in [-0.39, 0.29) is 6.09 Å². The summed E-state index contributed by atoms with van der Waals surface area (Å²) in [6.07, 6.45) is 5.24. The predicted octanol–water partition coefficient (Wildman–Crippen LogP) is 3.54. The molecule has 0 aliphatic carbocycles. The molecule has 1 N–H and O–H groups in total. The summed E-state index contributed by atoms with van der Waals surface area (Å²) in [4.78, 5) is 21.2. The molecule has 0 saturated carbocycles. The molecule has 104 valence electrons. The number of rotatable bonds is 1. The number of halogens is 1. The number of imidazole rings is 1. The molecule has 1 amide bonds. The molecule has 0 atom stereocenters. The first-order chi connectivity index (χ1) is 8.87. The molecule has 0 saturated heterocycles. The van der Waals surface area contributed by atoms with Crippen molar-refractivity contribution in [1.29, 1.82) is 0 Å². The Morgan fingerprint density at radius 3 is 2.84 bits per heavy atom. The molecule has 2 rings (SSSR count). The van der Waals surface area contributed by atoms with Crippen molar-refractivity contribution in [3.05, 3.63) is 22.7 Å². The Balaban J connectivity index is 2.21. The minimum Gasteiger partial charge on any atom is -0.443 e. The van der Waals surface area contributed by atoms with Gasteiger partial charge in [-0.3, -0.25) is 4.90 Å². The van der Waals surface area contributed by atoms with Crippen LogP contribution in [0.5, 0.6) is 0 Å². The van der Waals surface area contributed by atoms with E-state index in [1.807, 2.05) is 26.8 Å². The highest BCUT2D eigenvalue weighted by Gasteiger charge is 2.28. The Morgan fingerprint density at radius 1 is 1.53 bits per heavy atom. The zero-order valence-electron chi connectivity index (χ0n) is 11.4. The molecule has 19 heavy (non-hydrogen) atoms. The zero-order valence-corrected chi connectivity index (χ0v) is 13.0. The summed E-state index contributed by atoms with van der Waals surface area (Å²) in [5, 5.41) is 0. The van der Waals surface area contributed by atoms with Gasteiger partial charge in [0.2, 0.25) is 0 Å². The van der Waals surface area contributed by atoms with Gasteiger partial charge in [-0.05, 0) is 49.5 Å². The monoisotopic (exact) mass is 327 g/mol. The Bertz CT molecular complexity index is 502. The lowest BCUT2D eigenvalue weighted by Crippen LogP contribution is -2.37. The molecule has 1 aromatic heterocycles. The number of H-pyrrole nitrogens is 1. The summed E-state index contributed by atoms with van der Waals surface area (Å²) >= 11 is 3.32. The molecule has 1 aromatic rings. The highest BCUT2D eigenvalue weighted by atomic mass is 79.9. The Kier molecular flexibility index (Phi) is 3.99. The Morgan fingerprint density at radius 2 is 2.26 bits per heavy atom. The van der Waals surface area contributed by atoms with Crippen LogP contribution in [0.2, 0.25) is 0 Å². The number of nitrogens with zero attached hydrogens (tertiary/aromatic N) is 2. The van der Waals surface area contributed by atoms with Gasteiger partial charge in [0.25, 0.3) is 0 Å². The molecule has 0 bridgehead atoms. The number of hydrogen-bond acceptors (Lipinski definition) is 3. The highest BCUT2D eigenvalue weighted by Crippen LogP contribution is 2.25. The van der Waals surface area contributed by atoms with E-state index in [1.54, 1.807) is 11.1 Å². The van der Waals surface area contributed by atoms with E-state index in [1.165, 1.54) is 0 Å². The predicted molar refractivity (Wildman–Crippen MR) is 76.4 cm³/mol. The lowest BCUT2D eigenvalue weighted by Gasteiger charge is -2.30. The number of carbonyl (C=O) groups is 1. The van der Waals surface area contributed by atoms with Crippen LogP contribution in [0.4, 0.5) is 4.79 Å². The van der Waals surface area contributed by atoms with Gasteiger partial charge < -0.3 is 9.72 Å². The molecule has 1 aliphatic rings. The summed E-state index contributed by atoms with van der Waals surface area (Å²) in [5.41, 5.74) is 0.287. The minimum absolute atomic E-state index is 0.328. The molecule has 0 radical (unpaired) electrons. The fourth-order valence-electron chi connectivity index (χ4n) is 1.88. The molecular formula is C13H18BrN3O2. The highest BCUT2D eigenvalue weighted by molar-refractivity contribution is 9.10. The third-order valence-corrected chi connectivity index (χ3v) is 3.02. The van der Waals surface area contributed by atoms with Crippen LogP contribution in [0.25, 0.3) is 5.70 Å². The number of aromatic amines is 1. The normalized spacial score (nSPS) is 16.2. The number of aromatic nitrogens is 2. The van der Waals surface area contributed by atoms with Crippen LogP contribution >= 0.6 is 15.9 Å². The standard InChI is InChI=1S/C13H18BrN3O2/c1-13(2,3)19-12(18)17-7-5-4-6-9(17)11-15-8-10(14)16-11/h6,8H,4-5,7H2,1-3H3,(H,15,16). The fraction of sp³-hybridized carbons (Fsp3) is 0.538. The SMILES string of the molecule is CC(C)(C)OC(=O)N1CCCC=C1c1ncc(Br)[nH]1. The minimum atomic E-state index is -0.497. The van der Waals surface area contributed by atoms with Crippen LogP contribution in [-0.4, -0.2) is 33.1 Å². The van der Waals surface area contributed by atoms with Crippen molar-refractivity contribution in [3.63, 3.8) is 0 Å². The van der Waals surface area contributed by atoms with Crippen LogP contribution in [0, 0.1) is 0 Å². The van der Waals surface area contributed by atoms with E-state index in [0.29, 0.717) is 12.4 Å². The van der Waals surface area contributed by atoms with Gasteiger partial charge in [-0.25, -0.2) is 9.78 Å². The van der Waals surface area contributed by atoms with Crippen molar-refractivity contribution < 1.29 is 9.53 Å². The van der Waals surface area contributed by atoms with E-state index >= 15 is 0 Å². The van der Waals surface area contributed by atoms with Crippen molar-refractivity contribution in [2.75, 3.05) is 6.54 Å². The second-order valence-electron chi connectivity index (χ2n) is 5.44. The van der Waals surface area contributed by atoms with Gasteiger partial charge in [0.1, 0.15) is 10.2 Å². The van der Waals surface area contributed by atoms with Gasteiger partial charge >= 0.3 is 6.09 Å². The first kappa shape index (κ1) is 14.1. The average Bonchev–Trinajstić information content (AvgIpc) is 2.73. The molecule has 0 aromatic carbocycles. The molecule has 5 nitrogen and oxygen atoms in total. The van der Waals surface area contributed by atoms with E-state index in [2.05, 4.69) is 25.9 Å². The quantitative estimate of drug-likeness (QED) is 0.858. The van der Waals surface area contributed by atoms with Gasteiger partial charge in [-0.1, -0.05) is 6.08 Å². The molecule has 2 heterocycles. The van der Waals surface area contributed by atoms with Crippen LogP contribution in [-0.2, 0) is 4.74 Å². The van der Waals surface area contributed by atoms with Gasteiger partial charge in [-0.2, -0.15) is 0 Å². The maximum absolute atomic E-state index is 12.2. The molecule has 0 unspecified atom stereocenters. The van der Waals surface area contributed by atoms with Crippen molar-refractivity contribution in [2.45, 2.75) is 39.2 Å². The first-order valence-corrected chi connectivity index (χ1v) is 7.08. The van der Waals surface area contributed by atoms with E-state index < -0.39 is 5.60 Å². The third-order valence-electron chi connectivity index (χ3n) is 2.62. The maximum Gasteiger partial charge on any atom is 0.414 e. The maximum atomic E-state index is 12.2. The van der Waals surface area contributed by atoms with E-state index in [9.17, 15) is 4.79 Å². The van der Waals surface area contributed by atoms with Crippen molar-refractivity contribution in [3.8, 4) is 0 Å². The lowest BCUT2D eigenvalue weighted by atomic mass is 10.1. The second kappa shape index (κ2) is 5.36. The summed E-state index contributed by atoms with van der Waals surface area (Å²) in [6, 6.07) is 0. The molecule has 1 aliphatic heterocycles. The molecule has 0 spiro atoms. The lowest BCUT2D eigenvalue weighted by molar-refractivity contribution is 0.0345. The van der Waals surface area contributed by atoms with Crippen molar-refractivity contribution >= 4 is 27.7 Å². The van der Waals surface area contributed by atoms with Crippen LogP contribution in [0.3, 0.4) is 0 Å².